The van der Waals surface area contributed by atoms with Crippen molar-refractivity contribution >= 4 is 0 Å². The summed E-state index contributed by atoms with van der Waals surface area (Å²) < 4.78 is 0. The van der Waals surface area contributed by atoms with Crippen LogP contribution in [0.1, 0.15) is 47.5 Å². The Labute approximate surface area is 103 Å². The van der Waals surface area contributed by atoms with Gasteiger partial charge >= 0.3 is 0 Å². The van der Waals surface area contributed by atoms with E-state index < -0.39 is 0 Å². The van der Waals surface area contributed by atoms with Crippen molar-refractivity contribution in [1.29, 1.82) is 0 Å². The molecule has 0 radical (unpaired) electrons. The van der Waals surface area contributed by atoms with Crippen LogP contribution in [0.2, 0.25) is 0 Å². The Hall–Kier alpha value is -0.0800. The molecule has 0 atom stereocenters. The lowest BCUT2D eigenvalue weighted by Crippen LogP contribution is -2.37. The summed E-state index contributed by atoms with van der Waals surface area (Å²) in [6.07, 6.45) is 2.75. The molecule has 0 amide bonds. The van der Waals surface area contributed by atoms with Gasteiger partial charge in [-0.25, -0.2) is 0 Å². The van der Waals surface area contributed by atoms with Crippen molar-refractivity contribution in [2.75, 3.05) is 39.3 Å². The van der Waals surface area contributed by atoms with E-state index in [1.165, 1.54) is 52.1 Å². The van der Waals surface area contributed by atoms with Gasteiger partial charge in [0.15, 0.2) is 0 Å². The molecule has 16 heavy (non-hydrogen) atoms. The van der Waals surface area contributed by atoms with Crippen LogP contribution in [0, 0.1) is 5.92 Å². The Morgan fingerprint density at radius 1 is 1.06 bits per heavy atom. The van der Waals surface area contributed by atoms with E-state index in [0.29, 0.717) is 0 Å². The molecule has 0 aliphatic carbocycles. The fourth-order valence-corrected chi connectivity index (χ4v) is 1.92. The number of rotatable bonds is 6. The van der Waals surface area contributed by atoms with Crippen LogP contribution in [-0.4, -0.2) is 49.1 Å². The zero-order valence-corrected chi connectivity index (χ0v) is 12.1. The zero-order valence-electron chi connectivity index (χ0n) is 12.1. The van der Waals surface area contributed by atoms with Gasteiger partial charge in [0.1, 0.15) is 0 Å². The average Bonchev–Trinajstić information content (AvgIpc) is 2.20. The first kappa shape index (κ1) is 15.9. The quantitative estimate of drug-likeness (QED) is 0.689. The highest BCUT2D eigenvalue weighted by atomic mass is 15.2. The van der Waals surface area contributed by atoms with Crippen LogP contribution >= 0.6 is 0 Å². The Bertz CT molecular complexity index is 138. The Morgan fingerprint density at radius 2 is 1.62 bits per heavy atom. The Kier molecular flexibility index (Phi) is 10.0. The van der Waals surface area contributed by atoms with Crippen molar-refractivity contribution in [3.05, 3.63) is 0 Å². The second-order valence-corrected chi connectivity index (χ2v) is 5.07. The van der Waals surface area contributed by atoms with E-state index in [-0.39, 0.29) is 0 Å². The van der Waals surface area contributed by atoms with Crippen LogP contribution in [0.15, 0.2) is 0 Å². The maximum Gasteiger partial charge on any atom is 0.000415 e. The number of nitrogens with zero attached hydrogens (tertiary/aromatic N) is 2. The molecule has 0 aromatic carbocycles. The van der Waals surface area contributed by atoms with E-state index in [9.17, 15) is 0 Å². The molecular weight excluding hydrogens is 196 g/mol. The first-order valence-corrected chi connectivity index (χ1v) is 7.08. The molecule has 0 N–H and O–H groups in total. The van der Waals surface area contributed by atoms with Crippen LogP contribution in [0.4, 0.5) is 0 Å². The number of hydrogen-bond acceptors (Lipinski definition) is 2. The molecule has 98 valence electrons. The van der Waals surface area contributed by atoms with Gasteiger partial charge in [-0.3, -0.25) is 0 Å². The molecule has 1 saturated heterocycles. The van der Waals surface area contributed by atoms with Gasteiger partial charge in [0.25, 0.3) is 0 Å². The van der Waals surface area contributed by atoms with Crippen molar-refractivity contribution in [3.63, 3.8) is 0 Å². The highest BCUT2D eigenvalue weighted by Gasteiger charge is 2.10. The van der Waals surface area contributed by atoms with Crippen LogP contribution in [-0.2, 0) is 0 Å². The average molecular weight is 228 g/mol. The Morgan fingerprint density at radius 3 is 1.75 bits per heavy atom. The van der Waals surface area contributed by atoms with Crippen LogP contribution < -0.4 is 0 Å². The zero-order chi connectivity index (χ0) is 12.4. The molecule has 0 unspecified atom stereocenters. The van der Waals surface area contributed by atoms with E-state index in [0.717, 1.165) is 5.92 Å². The molecule has 0 aromatic rings. The number of likely N-dealkylation sites (tertiary alicyclic amines) is 1. The molecule has 0 aromatic heterocycles. The SMILES string of the molecule is CCCN1CCC1.CCN(CC)CC(C)C. The van der Waals surface area contributed by atoms with E-state index in [4.69, 9.17) is 0 Å². The van der Waals surface area contributed by atoms with E-state index in [2.05, 4.69) is 44.4 Å². The molecule has 1 aliphatic heterocycles. The first-order valence-electron chi connectivity index (χ1n) is 7.08. The second kappa shape index (κ2) is 10.1. The van der Waals surface area contributed by atoms with E-state index in [1.54, 1.807) is 0 Å². The third-order valence-electron chi connectivity index (χ3n) is 3.01. The van der Waals surface area contributed by atoms with E-state index in [1.807, 2.05) is 0 Å². The predicted octanol–water partition coefficient (Wildman–Crippen LogP) is 3.09. The van der Waals surface area contributed by atoms with Crippen molar-refractivity contribution in [1.82, 2.24) is 9.80 Å². The maximum absolute atomic E-state index is 2.49. The monoisotopic (exact) mass is 228 g/mol. The van der Waals surface area contributed by atoms with Gasteiger partial charge < -0.3 is 9.80 Å². The summed E-state index contributed by atoms with van der Waals surface area (Å²) in [5.74, 6) is 0.810. The van der Waals surface area contributed by atoms with Crippen LogP contribution in [0.5, 0.6) is 0 Å². The highest BCUT2D eigenvalue weighted by molar-refractivity contribution is 4.66. The molecular formula is C14H32N2. The van der Waals surface area contributed by atoms with Crippen LogP contribution in [0.25, 0.3) is 0 Å². The standard InChI is InChI=1S/C8H19N.C6H13N/c1-5-9(6-2)7-8(3)4;1-2-4-7-5-3-6-7/h8H,5-7H2,1-4H3;2-6H2,1H3. The smallest absolute Gasteiger partial charge is 0.000415 e. The summed E-state index contributed by atoms with van der Waals surface area (Å²) in [5, 5.41) is 0. The summed E-state index contributed by atoms with van der Waals surface area (Å²) in [6.45, 7) is 18.8. The Balaban J connectivity index is 0.000000288. The van der Waals surface area contributed by atoms with Crippen molar-refractivity contribution < 1.29 is 0 Å². The molecule has 1 heterocycles. The number of hydrogen-bond donors (Lipinski definition) is 0. The summed E-state index contributed by atoms with van der Waals surface area (Å²) in [4.78, 5) is 4.94. The third kappa shape index (κ3) is 8.12. The molecule has 2 nitrogen and oxygen atoms in total. The fourth-order valence-electron chi connectivity index (χ4n) is 1.92. The molecule has 0 bridgehead atoms. The van der Waals surface area contributed by atoms with Gasteiger partial charge in [-0.05, 0) is 51.5 Å². The van der Waals surface area contributed by atoms with Crippen molar-refractivity contribution in [2.24, 2.45) is 5.92 Å². The molecule has 1 aliphatic rings. The lowest BCUT2D eigenvalue weighted by atomic mass is 10.2. The minimum Gasteiger partial charge on any atom is -0.304 e. The predicted molar refractivity (Wildman–Crippen MR) is 74.0 cm³/mol. The minimum absolute atomic E-state index is 0.810. The largest absolute Gasteiger partial charge is 0.304 e. The molecule has 0 spiro atoms. The summed E-state index contributed by atoms with van der Waals surface area (Å²) >= 11 is 0. The van der Waals surface area contributed by atoms with Gasteiger partial charge in [-0.1, -0.05) is 34.6 Å². The van der Waals surface area contributed by atoms with E-state index >= 15 is 0 Å². The lowest BCUT2D eigenvalue weighted by molar-refractivity contribution is 0.182. The maximum atomic E-state index is 2.49. The summed E-state index contributed by atoms with van der Waals surface area (Å²) in [7, 11) is 0. The van der Waals surface area contributed by atoms with Crippen molar-refractivity contribution in [2.45, 2.75) is 47.5 Å². The van der Waals surface area contributed by atoms with Gasteiger partial charge in [0.2, 0.25) is 0 Å². The fraction of sp³-hybridized carbons (Fsp3) is 1.00. The van der Waals surface area contributed by atoms with Gasteiger partial charge in [0.05, 0.1) is 0 Å². The summed E-state index contributed by atoms with van der Waals surface area (Å²) in [6, 6.07) is 0. The van der Waals surface area contributed by atoms with Gasteiger partial charge in [-0.15, -0.1) is 0 Å². The van der Waals surface area contributed by atoms with Gasteiger partial charge in [-0.2, -0.15) is 0 Å². The molecule has 0 saturated carbocycles. The van der Waals surface area contributed by atoms with Gasteiger partial charge in [0, 0.05) is 6.54 Å². The highest BCUT2D eigenvalue weighted by Crippen LogP contribution is 2.04. The molecule has 1 fully saturated rings. The topological polar surface area (TPSA) is 6.48 Å². The van der Waals surface area contributed by atoms with Crippen molar-refractivity contribution in [3.8, 4) is 0 Å². The van der Waals surface area contributed by atoms with Crippen LogP contribution in [0.3, 0.4) is 0 Å². The lowest BCUT2D eigenvalue weighted by Gasteiger charge is -2.29. The second-order valence-electron chi connectivity index (χ2n) is 5.07. The third-order valence-corrected chi connectivity index (χ3v) is 3.01. The minimum atomic E-state index is 0.810. The molecule has 1 rings (SSSR count). The molecule has 2 heteroatoms. The normalized spacial score (nSPS) is 15.9. The first-order chi connectivity index (χ1) is 7.63. The summed E-state index contributed by atoms with van der Waals surface area (Å²) in [5.41, 5.74) is 0.